The quantitative estimate of drug-likeness (QED) is 0.357. The van der Waals surface area contributed by atoms with E-state index >= 15 is 0 Å². The lowest BCUT2D eigenvalue weighted by molar-refractivity contribution is 0.581. The summed E-state index contributed by atoms with van der Waals surface area (Å²) >= 11 is 0. The van der Waals surface area contributed by atoms with Gasteiger partial charge in [0.2, 0.25) is 0 Å². The summed E-state index contributed by atoms with van der Waals surface area (Å²) in [6.45, 7) is 2.89. The number of aliphatic imine (C=N–C) groups is 1. The molecule has 5 nitrogen and oxygen atoms in total. The van der Waals surface area contributed by atoms with Gasteiger partial charge in [-0.3, -0.25) is 0 Å². The van der Waals surface area contributed by atoms with Gasteiger partial charge in [-0.15, -0.1) is 24.0 Å². The maximum absolute atomic E-state index is 13.7. The van der Waals surface area contributed by atoms with Crippen LogP contribution in [0.2, 0.25) is 0 Å². The molecule has 0 atom stereocenters. The van der Waals surface area contributed by atoms with E-state index in [0.717, 1.165) is 30.0 Å². The van der Waals surface area contributed by atoms with Crippen molar-refractivity contribution in [1.29, 1.82) is 0 Å². The third-order valence-corrected chi connectivity index (χ3v) is 4.70. The van der Waals surface area contributed by atoms with Gasteiger partial charge in [0.15, 0.2) is 15.8 Å². The standard InChI is InChI=1S/C18H21F2N3O2S.HI/c1-3-21-18(23-12-14-10-15(19)6-9-17(14)20)22-11-13-4-7-16(8-5-13)26(2,24)25;/h4-10H,3,11-12H2,1-2H3,(H2,21,22,23);1H. The number of sulfone groups is 1. The zero-order valence-electron chi connectivity index (χ0n) is 15.0. The fraction of sp³-hybridized carbons (Fsp3) is 0.278. The minimum absolute atomic E-state index is 0. The van der Waals surface area contributed by atoms with Crippen LogP contribution in [0.15, 0.2) is 52.4 Å². The van der Waals surface area contributed by atoms with Crippen LogP contribution in [0, 0.1) is 11.6 Å². The molecule has 0 radical (unpaired) electrons. The third-order valence-electron chi connectivity index (χ3n) is 3.57. The number of rotatable bonds is 6. The second-order valence-corrected chi connectivity index (χ2v) is 7.72. The van der Waals surface area contributed by atoms with E-state index in [1.54, 1.807) is 12.1 Å². The predicted octanol–water partition coefficient (Wildman–Crippen LogP) is 3.24. The van der Waals surface area contributed by atoms with Crippen LogP contribution in [0.3, 0.4) is 0 Å². The Morgan fingerprint density at radius 2 is 1.74 bits per heavy atom. The zero-order valence-corrected chi connectivity index (χ0v) is 18.1. The average molecular weight is 509 g/mol. The average Bonchev–Trinajstić information content (AvgIpc) is 2.59. The van der Waals surface area contributed by atoms with Gasteiger partial charge in [-0.25, -0.2) is 22.2 Å². The van der Waals surface area contributed by atoms with Gasteiger partial charge in [-0.2, -0.15) is 0 Å². The number of hydrogen-bond acceptors (Lipinski definition) is 3. The summed E-state index contributed by atoms with van der Waals surface area (Å²) in [4.78, 5) is 4.62. The molecule has 2 aromatic rings. The van der Waals surface area contributed by atoms with Crippen molar-refractivity contribution in [2.45, 2.75) is 24.9 Å². The smallest absolute Gasteiger partial charge is 0.191 e. The van der Waals surface area contributed by atoms with Crippen molar-refractivity contribution < 1.29 is 17.2 Å². The molecule has 0 aliphatic carbocycles. The summed E-state index contributed by atoms with van der Waals surface area (Å²) in [5, 5.41) is 5.97. The molecule has 0 saturated carbocycles. The molecule has 0 saturated heterocycles. The lowest BCUT2D eigenvalue weighted by Crippen LogP contribution is -2.37. The van der Waals surface area contributed by atoms with Crippen molar-refractivity contribution in [3.05, 3.63) is 65.2 Å². The van der Waals surface area contributed by atoms with Gasteiger partial charge in [-0.1, -0.05) is 12.1 Å². The molecule has 0 spiro atoms. The monoisotopic (exact) mass is 509 g/mol. The minimum Gasteiger partial charge on any atom is -0.357 e. The fourth-order valence-electron chi connectivity index (χ4n) is 2.21. The van der Waals surface area contributed by atoms with Gasteiger partial charge in [0.1, 0.15) is 11.6 Å². The molecule has 0 unspecified atom stereocenters. The molecule has 0 amide bonds. The van der Waals surface area contributed by atoms with E-state index in [-0.39, 0.29) is 41.0 Å². The summed E-state index contributed by atoms with van der Waals surface area (Å²) in [5.41, 5.74) is 1.03. The first-order valence-corrected chi connectivity index (χ1v) is 9.94. The molecular formula is C18H22F2IN3O2S. The third kappa shape index (κ3) is 7.41. The SMILES string of the molecule is CCNC(=NCc1ccc(S(C)(=O)=O)cc1)NCc1cc(F)ccc1F.I. The first kappa shape index (κ1) is 23.3. The summed E-state index contributed by atoms with van der Waals surface area (Å²) in [7, 11) is -3.23. The van der Waals surface area contributed by atoms with Crippen molar-refractivity contribution in [2.24, 2.45) is 4.99 Å². The van der Waals surface area contributed by atoms with Crippen molar-refractivity contribution in [1.82, 2.24) is 10.6 Å². The van der Waals surface area contributed by atoms with Crippen LogP contribution in [0.25, 0.3) is 0 Å². The predicted molar refractivity (Wildman–Crippen MR) is 113 cm³/mol. The molecule has 0 aliphatic rings. The Bertz CT molecular complexity index is 888. The lowest BCUT2D eigenvalue weighted by atomic mass is 10.2. The maximum Gasteiger partial charge on any atom is 0.191 e. The molecule has 0 aliphatic heterocycles. The van der Waals surface area contributed by atoms with E-state index in [1.807, 2.05) is 6.92 Å². The van der Waals surface area contributed by atoms with E-state index in [0.29, 0.717) is 19.0 Å². The highest BCUT2D eigenvalue weighted by atomic mass is 127. The van der Waals surface area contributed by atoms with Gasteiger partial charge >= 0.3 is 0 Å². The number of halogens is 3. The van der Waals surface area contributed by atoms with Crippen LogP contribution in [0.1, 0.15) is 18.1 Å². The topological polar surface area (TPSA) is 70.6 Å². The van der Waals surface area contributed by atoms with E-state index in [9.17, 15) is 17.2 Å². The van der Waals surface area contributed by atoms with E-state index < -0.39 is 21.5 Å². The Morgan fingerprint density at radius 3 is 2.33 bits per heavy atom. The normalized spacial score (nSPS) is 11.6. The number of benzene rings is 2. The summed E-state index contributed by atoms with van der Waals surface area (Å²) in [6.07, 6.45) is 1.15. The summed E-state index contributed by atoms with van der Waals surface area (Å²) in [5.74, 6) is -0.550. The molecule has 27 heavy (non-hydrogen) atoms. The number of hydrogen-bond donors (Lipinski definition) is 2. The van der Waals surface area contributed by atoms with Crippen LogP contribution in [-0.4, -0.2) is 27.2 Å². The van der Waals surface area contributed by atoms with Crippen molar-refractivity contribution >= 4 is 39.8 Å². The minimum atomic E-state index is -3.23. The first-order valence-electron chi connectivity index (χ1n) is 8.04. The Balaban J connectivity index is 0.00000364. The van der Waals surface area contributed by atoms with Crippen LogP contribution in [0.5, 0.6) is 0 Å². The van der Waals surface area contributed by atoms with Crippen LogP contribution >= 0.6 is 24.0 Å². The molecule has 0 heterocycles. The Hall–Kier alpha value is -1.75. The molecule has 148 valence electrons. The second-order valence-electron chi connectivity index (χ2n) is 5.70. The molecule has 0 aromatic heterocycles. The van der Waals surface area contributed by atoms with Crippen molar-refractivity contribution in [3.8, 4) is 0 Å². The molecule has 0 bridgehead atoms. The second kappa shape index (κ2) is 10.5. The van der Waals surface area contributed by atoms with E-state index in [1.165, 1.54) is 12.1 Å². The fourth-order valence-corrected chi connectivity index (χ4v) is 2.84. The van der Waals surface area contributed by atoms with Gasteiger partial charge in [-0.05, 0) is 42.8 Å². The van der Waals surface area contributed by atoms with E-state index in [2.05, 4.69) is 15.6 Å². The molecule has 2 rings (SSSR count). The molecule has 2 N–H and O–H groups in total. The zero-order chi connectivity index (χ0) is 19.2. The van der Waals surface area contributed by atoms with Crippen LogP contribution in [-0.2, 0) is 22.9 Å². The Morgan fingerprint density at radius 1 is 1.07 bits per heavy atom. The first-order chi connectivity index (χ1) is 12.3. The van der Waals surface area contributed by atoms with Crippen molar-refractivity contribution in [3.63, 3.8) is 0 Å². The largest absolute Gasteiger partial charge is 0.357 e. The van der Waals surface area contributed by atoms with Crippen LogP contribution < -0.4 is 10.6 Å². The summed E-state index contributed by atoms with van der Waals surface area (Å²) < 4.78 is 49.8. The highest BCUT2D eigenvalue weighted by Gasteiger charge is 2.07. The van der Waals surface area contributed by atoms with E-state index in [4.69, 9.17) is 0 Å². The molecular weight excluding hydrogens is 487 g/mol. The van der Waals surface area contributed by atoms with Gasteiger partial charge in [0.25, 0.3) is 0 Å². The van der Waals surface area contributed by atoms with Crippen LogP contribution in [0.4, 0.5) is 8.78 Å². The molecule has 2 aromatic carbocycles. The Labute approximate surface area is 175 Å². The number of guanidine groups is 1. The van der Waals surface area contributed by atoms with Crippen molar-refractivity contribution in [2.75, 3.05) is 12.8 Å². The van der Waals surface area contributed by atoms with Gasteiger partial charge < -0.3 is 10.6 Å². The van der Waals surface area contributed by atoms with Gasteiger partial charge in [0.05, 0.1) is 11.4 Å². The lowest BCUT2D eigenvalue weighted by Gasteiger charge is -2.12. The number of nitrogens with zero attached hydrogens (tertiary/aromatic N) is 1. The molecule has 0 fully saturated rings. The number of nitrogens with one attached hydrogen (secondary N) is 2. The Kier molecular flexibility index (Phi) is 9.10. The highest BCUT2D eigenvalue weighted by molar-refractivity contribution is 14.0. The van der Waals surface area contributed by atoms with Gasteiger partial charge in [0, 0.05) is 24.9 Å². The maximum atomic E-state index is 13.7. The summed E-state index contributed by atoms with van der Waals surface area (Å²) in [6, 6.07) is 9.73. The molecule has 9 heteroatoms. The highest BCUT2D eigenvalue weighted by Crippen LogP contribution is 2.11.